The molecule has 0 aliphatic heterocycles. The van der Waals surface area contributed by atoms with Crippen molar-refractivity contribution in [3.05, 3.63) is 36.0 Å². The van der Waals surface area contributed by atoms with Gasteiger partial charge in [0.2, 0.25) is 5.91 Å². The highest BCUT2D eigenvalue weighted by Gasteiger charge is 2.13. The van der Waals surface area contributed by atoms with E-state index in [1.165, 1.54) is 6.92 Å². The first kappa shape index (κ1) is 16.2. The molecule has 3 aromatic rings. The molecule has 0 aliphatic rings. The van der Waals surface area contributed by atoms with E-state index in [4.69, 9.17) is 4.74 Å². The van der Waals surface area contributed by atoms with Crippen LogP contribution in [0.25, 0.3) is 21.3 Å². The quantitative estimate of drug-likeness (QED) is 0.674. The Morgan fingerprint density at radius 2 is 2.00 bits per heavy atom. The van der Waals surface area contributed by atoms with Crippen LogP contribution in [-0.4, -0.2) is 36.1 Å². The highest BCUT2D eigenvalue weighted by Crippen LogP contribution is 2.36. The topological polar surface area (TPSA) is 76.1 Å². The van der Waals surface area contributed by atoms with Gasteiger partial charge in [0.05, 0.1) is 12.5 Å². The van der Waals surface area contributed by atoms with Crippen LogP contribution in [0.1, 0.15) is 6.92 Å². The van der Waals surface area contributed by atoms with E-state index in [1.807, 2.05) is 24.3 Å². The molecule has 124 valence electrons. The Morgan fingerprint density at radius 3 is 2.71 bits per heavy atom. The lowest BCUT2D eigenvalue weighted by Crippen LogP contribution is -2.26. The second kappa shape index (κ2) is 7.27. The third-order valence-electron chi connectivity index (χ3n) is 3.56. The van der Waals surface area contributed by atoms with Gasteiger partial charge in [0.15, 0.2) is 0 Å². The van der Waals surface area contributed by atoms with Gasteiger partial charge in [-0.05, 0) is 17.7 Å². The molecule has 1 amide bonds. The summed E-state index contributed by atoms with van der Waals surface area (Å²) >= 11 is 1.58. The highest BCUT2D eigenvalue weighted by molar-refractivity contribution is 7.17. The van der Waals surface area contributed by atoms with Gasteiger partial charge < -0.3 is 15.4 Å². The zero-order valence-electron chi connectivity index (χ0n) is 13.5. The molecule has 0 bridgehead atoms. The first-order valence-corrected chi connectivity index (χ1v) is 8.42. The van der Waals surface area contributed by atoms with Crippen LogP contribution in [0.5, 0.6) is 5.75 Å². The maximum Gasteiger partial charge on any atom is 0.216 e. The molecule has 0 aliphatic carbocycles. The zero-order chi connectivity index (χ0) is 16.9. The highest BCUT2D eigenvalue weighted by atomic mass is 32.1. The molecule has 0 saturated carbocycles. The van der Waals surface area contributed by atoms with Crippen molar-refractivity contribution in [1.82, 2.24) is 15.3 Å². The lowest BCUT2D eigenvalue weighted by atomic mass is 10.1. The number of amides is 1. The number of nitrogens with zero attached hydrogens (tertiary/aromatic N) is 2. The summed E-state index contributed by atoms with van der Waals surface area (Å²) in [5, 5.41) is 9.12. The first-order valence-electron chi connectivity index (χ1n) is 7.54. The molecule has 0 saturated heterocycles. The minimum atomic E-state index is -0.0425. The van der Waals surface area contributed by atoms with Crippen molar-refractivity contribution in [1.29, 1.82) is 0 Å². The average molecular weight is 342 g/mol. The number of carbonyl (C=O) groups excluding carboxylic acids is 1. The largest absolute Gasteiger partial charge is 0.497 e. The average Bonchev–Trinajstić information content (AvgIpc) is 3.03. The van der Waals surface area contributed by atoms with Crippen LogP contribution in [0.3, 0.4) is 0 Å². The van der Waals surface area contributed by atoms with E-state index in [-0.39, 0.29) is 5.91 Å². The van der Waals surface area contributed by atoms with Crippen LogP contribution < -0.4 is 15.4 Å². The Kier molecular flexibility index (Phi) is 4.90. The number of benzene rings is 1. The van der Waals surface area contributed by atoms with Crippen LogP contribution in [-0.2, 0) is 4.79 Å². The fraction of sp³-hybridized carbons (Fsp3) is 0.235. The summed E-state index contributed by atoms with van der Waals surface area (Å²) < 4.78 is 5.21. The predicted octanol–water partition coefficient (Wildman–Crippen LogP) is 2.91. The summed E-state index contributed by atoms with van der Waals surface area (Å²) in [4.78, 5) is 20.6. The molecule has 24 heavy (non-hydrogen) atoms. The maximum atomic E-state index is 10.9. The van der Waals surface area contributed by atoms with E-state index in [0.717, 1.165) is 32.9 Å². The Morgan fingerprint density at radius 1 is 1.21 bits per heavy atom. The number of aromatic nitrogens is 2. The van der Waals surface area contributed by atoms with Gasteiger partial charge in [0.1, 0.15) is 22.7 Å². The van der Waals surface area contributed by atoms with E-state index in [9.17, 15) is 4.79 Å². The van der Waals surface area contributed by atoms with Crippen molar-refractivity contribution >= 4 is 33.3 Å². The number of rotatable bonds is 6. The number of fused-ring (bicyclic) bond motifs is 1. The Balaban J connectivity index is 1.89. The molecule has 2 heterocycles. The second-order valence-electron chi connectivity index (χ2n) is 5.19. The smallest absolute Gasteiger partial charge is 0.216 e. The lowest BCUT2D eigenvalue weighted by Gasteiger charge is -2.09. The summed E-state index contributed by atoms with van der Waals surface area (Å²) in [6.07, 6.45) is 1.55. The first-order chi connectivity index (χ1) is 11.7. The maximum absolute atomic E-state index is 10.9. The molecular formula is C17H18N4O2S. The molecule has 2 N–H and O–H groups in total. The number of nitrogens with one attached hydrogen (secondary N) is 2. The molecule has 0 fully saturated rings. The molecule has 2 aromatic heterocycles. The molecule has 0 spiro atoms. The zero-order valence-corrected chi connectivity index (χ0v) is 14.3. The Labute approximate surface area is 143 Å². The van der Waals surface area contributed by atoms with Crippen molar-refractivity contribution in [2.75, 3.05) is 25.5 Å². The molecule has 0 unspecified atom stereocenters. The summed E-state index contributed by atoms with van der Waals surface area (Å²) in [7, 11) is 1.65. The van der Waals surface area contributed by atoms with Gasteiger partial charge >= 0.3 is 0 Å². The van der Waals surface area contributed by atoms with E-state index < -0.39 is 0 Å². The number of carbonyl (C=O) groups is 1. The van der Waals surface area contributed by atoms with Gasteiger partial charge in [0, 0.05) is 31.0 Å². The third kappa shape index (κ3) is 3.46. The molecule has 6 nitrogen and oxygen atoms in total. The lowest BCUT2D eigenvalue weighted by molar-refractivity contribution is -0.118. The molecule has 1 aromatic carbocycles. The minimum Gasteiger partial charge on any atom is -0.497 e. The SMILES string of the molecule is COc1ccc(-c2csc3ncnc(NCCNC(C)=O)c23)cc1. The van der Waals surface area contributed by atoms with E-state index in [1.54, 1.807) is 24.8 Å². The van der Waals surface area contributed by atoms with Gasteiger partial charge in [-0.3, -0.25) is 4.79 Å². The van der Waals surface area contributed by atoms with Gasteiger partial charge in [-0.2, -0.15) is 0 Å². The Bertz CT molecular complexity index is 845. The molecule has 0 atom stereocenters. The number of hydrogen-bond donors (Lipinski definition) is 2. The van der Waals surface area contributed by atoms with Crippen molar-refractivity contribution in [2.24, 2.45) is 0 Å². The van der Waals surface area contributed by atoms with Gasteiger partial charge in [-0.1, -0.05) is 12.1 Å². The fourth-order valence-corrected chi connectivity index (χ4v) is 3.33. The van der Waals surface area contributed by atoms with Crippen molar-refractivity contribution < 1.29 is 9.53 Å². The summed E-state index contributed by atoms with van der Waals surface area (Å²) in [5.41, 5.74) is 2.17. The Hall–Kier alpha value is -2.67. The summed E-state index contributed by atoms with van der Waals surface area (Å²) in [6, 6.07) is 7.92. The summed E-state index contributed by atoms with van der Waals surface area (Å²) in [6.45, 7) is 2.65. The van der Waals surface area contributed by atoms with Crippen LogP contribution in [0.15, 0.2) is 36.0 Å². The number of ether oxygens (including phenoxy) is 1. The van der Waals surface area contributed by atoms with Crippen LogP contribution in [0.2, 0.25) is 0 Å². The normalized spacial score (nSPS) is 10.6. The van der Waals surface area contributed by atoms with Crippen LogP contribution >= 0.6 is 11.3 Å². The molecular weight excluding hydrogens is 324 g/mol. The fourth-order valence-electron chi connectivity index (χ4n) is 2.41. The van der Waals surface area contributed by atoms with Crippen molar-refractivity contribution in [3.63, 3.8) is 0 Å². The van der Waals surface area contributed by atoms with Gasteiger partial charge in [0.25, 0.3) is 0 Å². The third-order valence-corrected chi connectivity index (χ3v) is 4.45. The predicted molar refractivity (Wildman–Crippen MR) is 96.6 cm³/mol. The summed E-state index contributed by atoms with van der Waals surface area (Å²) in [5.74, 6) is 1.56. The molecule has 7 heteroatoms. The molecule has 3 rings (SSSR count). The van der Waals surface area contributed by atoms with Crippen molar-refractivity contribution in [2.45, 2.75) is 6.92 Å². The van der Waals surface area contributed by atoms with Crippen molar-refractivity contribution in [3.8, 4) is 16.9 Å². The number of methoxy groups -OCH3 is 1. The monoisotopic (exact) mass is 342 g/mol. The number of anilines is 1. The van der Waals surface area contributed by atoms with E-state index in [0.29, 0.717) is 13.1 Å². The van der Waals surface area contributed by atoms with E-state index in [2.05, 4.69) is 26.0 Å². The van der Waals surface area contributed by atoms with Gasteiger partial charge in [-0.15, -0.1) is 11.3 Å². The minimum absolute atomic E-state index is 0.0425. The standard InChI is InChI=1S/C17H18N4O2S/c1-11(22)18-7-8-19-16-15-14(9-24-17(15)21-10-20-16)12-3-5-13(23-2)6-4-12/h3-6,9-10H,7-8H2,1-2H3,(H,18,22)(H,19,20,21). The van der Waals surface area contributed by atoms with Crippen LogP contribution in [0.4, 0.5) is 5.82 Å². The van der Waals surface area contributed by atoms with E-state index >= 15 is 0 Å². The van der Waals surface area contributed by atoms with Crippen LogP contribution in [0, 0.1) is 0 Å². The second-order valence-corrected chi connectivity index (χ2v) is 6.05. The number of thiophene rings is 1. The molecule has 0 radical (unpaired) electrons. The number of hydrogen-bond acceptors (Lipinski definition) is 6. The van der Waals surface area contributed by atoms with Gasteiger partial charge in [-0.25, -0.2) is 9.97 Å².